The SMILES string of the molecule is CC(=O)c1ccccc1NC(=O)CCc1ccc2c(c1)OCO2. The largest absolute Gasteiger partial charge is 0.454 e. The number of Topliss-reactive ketones (excluding diaryl/α,β-unsaturated/α-hetero) is 1. The van der Waals surface area contributed by atoms with E-state index in [1.165, 1.54) is 6.92 Å². The van der Waals surface area contributed by atoms with Crippen molar-refractivity contribution >= 4 is 17.4 Å². The van der Waals surface area contributed by atoms with E-state index in [1.807, 2.05) is 18.2 Å². The van der Waals surface area contributed by atoms with Gasteiger partial charge in [0.05, 0.1) is 5.69 Å². The second-order valence-electron chi connectivity index (χ2n) is 5.34. The summed E-state index contributed by atoms with van der Waals surface area (Å²) in [5, 5.41) is 2.80. The lowest BCUT2D eigenvalue weighted by Crippen LogP contribution is -2.14. The van der Waals surface area contributed by atoms with Gasteiger partial charge in [-0.2, -0.15) is 0 Å². The number of anilines is 1. The zero-order chi connectivity index (χ0) is 16.2. The minimum atomic E-state index is -0.128. The lowest BCUT2D eigenvalue weighted by atomic mass is 10.1. The van der Waals surface area contributed by atoms with E-state index < -0.39 is 0 Å². The van der Waals surface area contributed by atoms with Crippen LogP contribution in [0.25, 0.3) is 0 Å². The lowest BCUT2D eigenvalue weighted by molar-refractivity contribution is -0.116. The van der Waals surface area contributed by atoms with Gasteiger partial charge >= 0.3 is 0 Å². The Balaban J connectivity index is 1.61. The molecular weight excluding hydrogens is 294 g/mol. The second-order valence-corrected chi connectivity index (χ2v) is 5.34. The first-order valence-electron chi connectivity index (χ1n) is 7.42. The number of aryl methyl sites for hydroxylation is 1. The van der Waals surface area contributed by atoms with Crippen molar-refractivity contribution in [2.24, 2.45) is 0 Å². The summed E-state index contributed by atoms with van der Waals surface area (Å²) < 4.78 is 10.6. The quantitative estimate of drug-likeness (QED) is 0.861. The summed E-state index contributed by atoms with van der Waals surface area (Å²) in [6.07, 6.45) is 0.913. The number of ether oxygens (including phenoxy) is 2. The Hall–Kier alpha value is -2.82. The molecule has 1 amide bonds. The van der Waals surface area contributed by atoms with E-state index in [1.54, 1.807) is 24.3 Å². The predicted octanol–water partition coefficient (Wildman–Crippen LogP) is 3.19. The average Bonchev–Trinajstić information content (AvgIpc) is 3.01. The van der Waals surface area contributed by atoms with Crippen LogP contribution in [0.2, 0.25) is 0 Å². The topological polar surface area (TPSA) is 64.6 Å². The van der Waals surface area contributed by atoms with Gasteiger partial charge in [0.2, 0.25) is 12.7 Å². The molecule has 0 unspecified atom stereocenters. The van der Waals surface area contributed by atoms with E-state index in [0.29, 0.717) is 29.8 Å². The van der Waals surface area contributed by atoms with Crippen LogP contribution in [0.15, 0.2) is 42.5 Å². The monoisotopic (exact) mass is 311 g/mol. The molecule has 2 aromatic rings. The van der Waals surface area contributed by atoms with Gasteiger partial charge in [0.1, 0.15) is 0 Å². The molecule has 1 aliphatic heterocycles. The van der Waals surface area contributed by atoms with E-state index in [0.717, 1.165) is 11.3 Å². The minimum absolute atomic E-state index is 0.0725. The first kappa shape index (κ1) is 15.1. The van der Waals surface area contributed by atoms with Crippen LogP contribution in [0.3, 0.4) is 0 Å². The third kappa shape index (κ3) is 3.51. The van der Waals surface area contributed by atoms with Crippen LogP contribution in [0, 0.1) is 0 Å². The molecular formula is C18H17NO4. The Morgan fingerprint density at radius 2 is 1.87 bits per heavy atom. The van der Waals surface area contributed by atoms with Gasteiger partial charge in [0.25, 0.3) is 0 Å². The van der Waals surface area contributed by atoms with Crippen molar-refractivity contribution in [2.75, 3.05) is 12.1 Å². The summed E-state index contributed by atoms with van der Waals surface area (Å²) >= 11 is 0. The molecule has 0 fully saturated rings. The maximum absolute atomic E-state index is 12.1. The molecule has 5 heteroatoms. The molecule has 118 valence electrons. The molecule has 0 saturated carbocycles. The number of fused-ring (bicyclic) bond motifs is 1. The number of rotatable bonds is 5. The van der Waals surface area contributed by atoms with Crippen molar-refractivity contribution < 1.29 is 19.1 Å². The van der Waals surface area contributed by atoms with Gasteiger partial charge in [-0.1, -0.05) is 18.2 Å². The highest BCUT2D eigenvalue weighted by atomic mass is 16.7. The molecule has 23 heavy (non-hydrogen) atoms. The van der Waals surface area contributed by atoms with E-state index >= 15 is 0 Å². The average molecular weight is 311 g/mol. The van der Waals surface area contributed by atoms with Gasteiger partial charge in [-0.25, -0.2) is 0 Å². The van der Waals surface area contributed by atoms with Crippen LogP contribution in [0.5, 0.6) is 11.5 Å². The smallest absolute Gasteiger partial charge is 0.231 e. The molecule has 0 bridgehead atoms. The molecule has 3 rings (SSSR count). The van der Waals surface area contributed by atoms with Crippen LogP contribution in [0.4, 0.5) is 5.69 Å². The molecule has 0 aromatic heterocycles. The van der Waals surface area contributed by atoms with Crippen molar-refractivity contribution in [2.45, 2.75) is 19.8 Å². The highest BCUT2D eigenvalue weighted by molar-refractivity contribution is 6.03. The molecule has 1 heterocycles. The van der Waals surface area contributed by atoms with Crippen molar-refractivity contribution in [3.8, 4) is 11.5 Å². The van der Waals surface area contributed by atoms with E-state index in [9.17, 15) is 9.59 Å². The maximum atomic E-state index is 12.1. The summed E-state index contributed by atoms with van der Waals surface area (Å²) in [5.41, 5.74) is 2.07. The Kier molecular flexibility index (Phi) is 4.28. The molecule has 0 atom stereocenters. The molecule has 0 aliphatic carbocycles. The number of carbonyl (C=O) groups is 2. The molecule has 0 radical (unpaired) electrons. The third-order valence-electron chi connectivity index (χ3n) is 3.66. The Labute approximate surface area is 134 Å². The van der Waals surface area contributed by atoms with Gasteiger partial charge in [-0.15, -0.1) is 0 Å². The standard InChI is InChI=1S/C18H17NO4/c1-12(20)14-4-2-3-5-15(14)19-18(21)9-7-13-6-8-16-17(10-13)23-11-22-16/h2-6,8,10H,7,9,11H2,1H3,(H,19,21). The fourth-order valence-electron chi connectivity index (χ4n) is 2.47. The molecule has 0 saturated heterocycles. The molecule has 1 N–H and O–H groups in total. The summed E-state index contributed by atoms with van der Waals surface area (Å²) in [5.74, 6) is 1.24. The fourth-order valence-corrected chi connectivity index (χ4v) is 2.47. The lowest BCUT2D eigenvalue weighted by Gasteiger charge is -2.09. The van der Waals surface area contributed by atoms with Gasteiger partial charge in [-0.05, 0) is 43.2 Å². The third-order valence-corrected chi connectivity index (χ3v) is 3.66. The normalized spacial score (nSPS) is 12.0. The first-order chi connectivity index (χ1) is 11.1. The summed E-state index contributed by atoms with van der Waals surface area (Å²) in [7, 11) is 0. The minimum Gasteiger partial charge on any atom is -0.454 e. The summed E-state index contributed by atoms with van der Waals surface area (Å²) in [6, 6.07) is 12.7. The fraction of sp³-hybridized carbons (Fsp3) is 0.222. The maximum Gasteiger partial charge on any atom is 0.231 e. The predicted molar refractivity (Wildman–Crippen MR) is 86.0 cm³/mol. The molecule has 0 spiro atoms. The molecule has 5 nitrogen and oxygen atoms in total. The highest BCUT2D eigenvalue weighted by Crippen LogP contribution is 2.32. The van der Waals surface area contributed by atoms with E-state index in [-0.39, 0.29) is 18.5 Å². The number of hydrogen-bond acceptors (Lipinski definition) is 4. The van der Waals surface area contributed by atoms with Gasteiger partial charge in [-0.3, -0.25) is 9.59 Å². The van der Waals surface area contributed by atoms with E-state index in [4.69, 9.17) is 9.47 Å². The Bertz CT molecular complexity index is 754. The first-order valence-corrected chi connectivity index (χ1v) is 7.42. The van der Waals surface area contributed by atoms with Gasteiger partial charge in [0.15, 0.2) is 17.3 Å². The number of benzene rings is 2. The zero-order valence-corrected chi connectivity index (χ0v) is 12.8. The van der Waals surface area contributed by atoms with Crippen molar-refractivity contribution in [3.05, 3.63) is 53.6 Å². The van der Waals surface area contributed by atoms with Crippen LogP contribution in [-0.2, 0) is 11.2 Å². The highest BCUT2D eigenvalue weighted by Gasteiger charge is 2.14. The van der Waals surface area contributed by atoms with Crippen LogP contribution in [0.1, 0.15) is 29.3 Å². The van der Waals surface area contributed by atoms with E-state index in [2.05, 4.69) is 5.32 Å². The summed E-state index contributed by atoms with van der Waals surface area (Å²) in [4.78, 5) is 23.7. The Morgan fingerprint density at radius 1 is 1.09 bits per heavy atom. The number of amides is 1. The van der Waals surface area contributed by atoms with Gasteiger partial charge < -0.3 is 14.8 Å². The van der Waals surface area contributed by atoms with Crippen molar-refractivity contribution in [1.82, 2.24) is 0 Å². The zero-order valence-electron chi connectivity index (χ0n) is 12.8. The van der Waals surface area contributed by atoms with Crippen molar-refractivity contribution in [3.63, 3.8) is 0 Å². The second kappa shape index (κ2) is 6.52. The Morgan fingerprint density at radius 3 is 2.70 bits per heavy atom. The van der Waals surface area contributed by atoms with Crippen LogP contribution in [-0.4, -0.2) is 18.5 Å². The number of carbonyl (C=O) groups excluding carboxylic acids is 2. The molecule has 1 aliphatic rings. The van der Waals surface area contributed by atoms with Crippen molar-refractivity contribution in [1.29, 1.82) is 0 Å². The summed E-state index contributed by atoms with van der Waals surface area (Å²) in [6.45, 7) is 1.72. The number of hydrogen-bond donors (Lipinski definition) is 1. The molecule has 2 aromatic carbocycles. The number of para-hydroxylation sites is 1. The van der Waals surface area contributed by atoms with Crippen LogP contribution < -0.4 is 14.8 Å². The number of ketones is 1. The number of nitrogens with one attached hydrogen (secondary N) is 1. The van der Waals surface area contributed by atoms with Crippen LogP contribution >= 0.6 is 0 Å². The van der Waals surface area contributed by atoms with Gasteiger partial charge in [0, 0.05) is 12.0 Å².